The highest BCUT2D eigenvalue weighted by molar-refractivity contribution is 6.27. The molecule has 0 bridgehead atoms. The molecule has 30 heavy (non-hydrogen) atoms. The number of rotatable bonds is 3. The van der Waals surface area contributed by atoms with Gasteiger partial charge in [0.25, 0.3) is 11.9 Å². The minimum absolute atomic E-state index is 0.0630. The van der Waals surface area contributed by atoms with Crippen LogP contribution < -0.4 is 15.4 Å². The second-order valence-corrected chi connectivity index (χ2v) is 7.75. The van der Waals surface area contributed by atoms with Gasteiger partial charge in [-0.2, -0.15) is 14.8 Å². The second kappa shape index (κ2) is 7.94. The Labute approximate surface area is 174 Å². The van der Waals surface area contributed by atoms with Crippen molar-refractivity contribution in [2.24, 2.45) is 9.98 Å². The number of hydrogen-bond donors (Lipinski definition) is 2. The molecule has 0 fully saturated rings. The van der Waals surface area contributed by atoms with Crippen LogP contribution in [0.1, 0.15) is 33.4 Å². The van der Waals surface area contributed by atoms with Gasteiger partial charge in [-0.15, -0.1) is 0 Å². The maximum Gasteiger partial charge on any atom is 0.324 e. The van der Waals surface area contributed by atoms with E-state index >= 15 is 0 Å². The summed E-state index contributed by atoms with van der Waals surface area (Å²) in [7, 11) is 1.52. The van der Waals surface area contributed by atoms with Crippen LogP contribution in [0.4, 0.5) is 16.3 Å². The zero-order valence-corrected chi connectivity index (χ0v) is 17.6. The number of carbonyl (C=O) groups excluding carboxylic acids is 2. The zero-order chi connectivity index (χ0) is 22.1. The number of carbonyl (C=O) groups is 2. The van der Waals surface area contributed by atoms with Crippen molar-refractivity contribution in [2.75, 3.05) is 17.7 Å². The number of hydrogen-bond acceptors (Lipinski definition) is 5. The number of para-hydroxylation sites is 2. The minimum Gasteiger partial charge on any atom is -0.495 e. The van der Waals surface area contributed by atoms with E-state index in [1.165, 1.54) is 11.8 Å². The van der Waals surface area contributed by atoms with Gasteiger partial charge < -0.3 is 10.1 Å². The summed E-state index contributed by atoms with van der Waals surface area (Å²) in [5.74, 6) is 0.420. The molecular formula is C21H24N6O3. The van der Waals surface area contributed by atoms with Gasteiger partial charge in [0, 0.05) is 11.5 Å². The number of ether oxygens (including phenoxy) is 1. The smallest absolute Gasteiger partial charge is 0.324 e. The Bertz CT molecular complexity index is 1090. The van der Waals surface area contributed by atoms with Crippen molar-refractivity contribution >= 4 is 35.1 Å². The van der Waals surface area contributed by atoms with Crippen LogP contribution in [0.3, 0.4) is 0 Å². The van der Waals surface area contributed by atoms with E-state index in [2.05, 4.69) is 32.3 Å². The summed E-state index contributed by atoms with van der Waals surface area (Å²) in [4.78, 5) is 33.0. The summed E-state index contributed by atoms with van der Waals surface area (Å²) in [6.07, 6.45) is 0. The fourth-order valence-electron chi connectivity index (χ4n) is 2.66. The van der Waals surface area contributed by atoms with Crippen LogP contribution in [0.15, 0.2) is 52.5 Å². The summed E-state index contributed by atoms with van der Waals surface area (Å²) >= 11 is 0. The highest BCUT2D eigenvalue weighted by Crippen LogP contribution is 2.26. The molecule has 1 aromatic carbocycles. The highest BCUT2D eigenvalue weighted by atomic mass is 16.5. The van der Waals surface area contributed by atoms with E-state index in [1.54, 1.807) is 37.3 Å². The Morgan fingerprint density at radius 2 is 1.87 bits per heavy atom. The fourth-order valence-corrected chi connectivity index (χ4v) is 2.66. The van der Waals surface area contributed by atoms with Crippen LogP contribution in [-0.4, -0.2) is 40.5 Å². The van der Waals surface area contributed by atoms with E-state index in [1.807, 2.05) is 20.8 Å². The summed E-state index contributed by atoms with van der Waals surface area (Å²) in [5, 5.41) is 10.0. The van der Waals surface area contributed by atoms with Crippen molar-refractivity contribution in [1.82, 2.24) is 9.78 Å². The van der Waals surface area contributed by atoms with Crippen LogP contribution >= 0.6 is 0 Å². The molecule has 9 heteroatoms. The number of benzene rings is 1. The topological polar surface area (TPSA) is 110 Å². The average molecular weight is 408 g/mol. The number of nitrogens with one attached hydrogen (secondary N) is 2. The van der Waals surface area contributed by atoms with Gasteiger partial charge in [-0.25, -0.2) is 9.79 Å². The molecular weight excluding hydrogens is 384 g/mol. The van der Waals surface area contributed by atoms with Crippen LogP contribution in [-0.2, 0) is 10.2 Å². The maximum absolute atomic E-state index is 12.6. The third kappa shape index (κ3) is 4.29. The van der Waals surface area contributed by atoms with Crippen molar-refractivity contribution < 1.29 is 14.3 Å². The number of nitrogens with zero attached hydrogens (tertiary/aromatic N) is 4. The molecule has 0 unspecified atom stereocenters. The number of methoxy groups -OCH3 is 1. The monoisotopic (exact) mass is 408 g/mol. The molecule has 0 radical (unpaired) electrons. The molecule has 2 heterocycles. The fraction of sp³-hybridized carbons (Fsp3) is 0.286. The molecule has 1 aliphatic heterocycles. The van der Waals surface area contributed by atoms with Gasteiger partial charge in [0.2, 0.25) is 0 Å². The molecule has 0 atom stereocenters. The molecule has 1 aromatic heterocycles. The first kappa shape index (κ1) is 21.0. The number of anilines is 2. The Morgan fingerprint density at radius 1 is 1.17 bits per heavy atom. The van der Waals surface area contributed by atoms with E-state index in [0.717, 1.165) is 0 Å². The van der Waals surface area contributed by atoms with Crippen molar-refractivity contribution in [1.29, 1.82) is 0 Å². The summed E-state index contributed by atoms with van der Waals surface area (Å²) < 4.78 is 6.60. The molecule has 3 amide bonds. The van der Waals surface area contributed by atoms with Gasteiger partial charge >= 0.3 is 6.03 Å². The van der Waals surface area contributed by atoms with E-state index in [9.17, 15) is 9.59 Å². The molecule has 2 N–H and O–H groups in total. The van der Waals surface area contributed by atoms with Crippen molar-refractivity contribution in [2.45, 2.75) is 33.1 Å². The molecule has 0 saturated heterocycles. The first-order valence-electron chi connectivity index (χ1n) is 9.29. The SMILES string of the molecule is C=C1C(=O)N=C(n2nc(C(C)(C)C)cc2NC(=O)Nc2ccccc2OC)N=C1C. The molecule has 2 aromatic rings. The molecule has 3 rings (SSSR count). The Hall–Kier alpha value is -3.75. The molecule has 1 aliphatic rings. The van der Waals surface area contributed by atoms with Gasteiger partial charge in [-0.1, -0.05) is 39.5 Å². The molecule has 0 saturated carbocycles. The van der Waals surface area contributed by atoms with Crippen molar-refractivity contribution in [3.8, 4) is 5.75 Å². The lowest BCUT2D eigenvalue weighted by atomic mass is 9.92. The summed E-state index contributed by atoms with van der Waals surface area (Å²) in [6, 6.07) is 8.27. The Balaban J connectivity index is 1.95. The number of aliphatic imine (C=N–C) groups is 2. The van der Waals surface area contributed by atoms with E-state index in [0.29, 0.717) is 28.7 Å². The van der Waals surface area contributed by atoms with Crippen molar-refractivity contribution in [3.63, 3.8) is 0 Å². The lowest BCUT2D eigenvalue weighted by molar-refractivity contribution is -0.113. The molecule has 0 spiro atoms. The lowest BCUT2D eigenvalue weighted by Gasteiger charge is -2.14. The zero-order valence-electron chi connectivity index (χ0n) is 17.6. The van der Waals surface area contributed by atoms with Gasteiger partial charge in [0.05, 0.1) is 29.8 Å². The molecule has 9 nitrogen and oxygen atoms in total. The van der Waals surface area contributed by atoms with Gasteiger partial charge in [0.15, 0.2) is 0 Å². The maximum atomic E-state index is 12.6. The number of aromatic nitrogens is 2. The minimum atomic E-state index is -0.506. The summed E-state index contributed by atoms with van der Waals surface area (Å²) in [5.41, 5.74) is 1.58. The quantitative estimate of drug-likeness (QED) is 0.756. The van der Waals surface area contributed by atoms with E-state index in [4.69, 9.17) is 4.74 Å². The van der Waals surface area contributed by atoms with Crippen LogP contribution in [0.25, 0.3) is 0 Å². The van der Waals surface area contributed by atoms with E-state index < -0.39 is 11.9 Å². The largest absolute Gasteiger partial charge is 0.495 e. The van der Waals surface area contributed by atoms with Gasteiger partial charge in [-0.3, -0.25) is 10.1 Å². The standard InChI is InChI=1S/C21H24N6O3/c1-12-13(2)22-19(25-18(12)28)27-17(11-16(26-27)21(3,4)5)24-20(29)23-14-9-7-8-10-15(14)30-6/h7-11H,1H2,2-6H3,(H2,23,24,29). The van der Waals surface area contributed by atoms with Crippen LogP contribution in [0, 0.1) is 0 Å². The summed E-state index contributed by atoms with van der Waals surface area (Å²) in [6.45, 7) is 11.3. The lowest BCUT2D eigenvalue weighted by Crippen LogP contribution is -2.27. The molecule has 0 aliphatic carbocycles. The Morgan fingerprint density at radius 3 is 2.50 bits per heavy atom. The number of urea groups is 1. The van der Waals surface area contributed by atoms with Crippen molar-refractivity contribution in [3.05, 3.63) is 48.2 Å². The van der Waals surface area contributed by atoms with Crippen LogP contribution in [0.5, 0.6) is 5.75 Å². The second-order valence-electron chi connectivity index (χ2n) is 7.75. The van der Waals surface area contributed by atoms with Gasteiger partial charge in [0.1, 0.15) is 11.6 Å². The number of amides is 3. The third-order valence-corrected chi connectivity index (χ3v) is 4.43. The molecule has 156 valence electrons. The normalized spacial score (nSPS) is 14.2. The van der Waals surface area contributed by atoms with Crippen LogP contribution in [0.2, 0.25) is 0 Å². The highest BCUT2D eigenvalue weighted by Gasteiger charge is 2.25. The third-order valence-electron chi connectivity index (χ3n) is 4.43. The first-order valence-corrected chi connectivity index (χ1v) is 9.29. The first-order chi connectivity index (χ1) is 14.1. The Kier molecular flexibility index (Phi) is 5.55. The average Bonchev–Trinajstić information content (AvgIpc) is 3.10. The van der Waals surface area contributed by atoms with E-state index in [-0.39, 0.29) is 16.9 Å². The predicted molar refractivity (Wildman–Crippen MR) is 117 cm³/mol. The predicted octanol–water partition coefficient (Wildman–Crippen LogP) is 3.59. The van der Waals surface area contributed by atoms with Gasteiger partial charge in [-0.05, 0) is 19.1 Å².